The van der Waals surface area contributed by atoms with E-state index in [1.165, 1.54) is 5.56 Å². The number of hydrogen-bond acceptors (Lipinski definition) is 2. The maximum atomic E-state index is 12.6. The number of halogens is 1. The highest BCUT2D eigenvalue weighted by atomic mass is 35.5. The second kappa shape index (κ2) is 7.75. The van der Waals surface area contributed by atoms with Crippen LogP contribution in [-0.4, -0.2) is 10.9 Å². The Balaban J connectivity index is 1.76. The first-order valence-corrected chi connectivity index (χ1v) is 8.15. The third-order valence-electron chi connectivity index (χ3n) is 3.80. The van der Waals surface area contributed by atoms with Crippen molar-refractivity contribution >= 4 is 23.2 Å². The number of benzene rings is 2. The van der Waals surface area contributed by atoms with E-state index in [1.807, 2.05) is 42.5 Å². The first kappa shape index (κ1) is 16.2. The summed E-state index contributed by atoms with van der Waals surface area (Å²) in [7, 11) is 0. The van der Waals surface area contributed by atoms with Gasteiger partial charge in [-0.25, -0.2) is 4.98 Å². The number of hydrogen-bond donors (Lipinski definition) is 1. The number of carbonyl (C=O) groups is 1. The summed E-state index contributed by atoms with van der Waals surface area (Å²) >= 11 is 6.01. The molecule has 3 nitrogen and oxygen atoms in total. The Morgan fingerprint density at radius 3 is 2.46 bits per heavy atom. The lowest BCUT2D eigenvalue weighted by atomic mass is 9.99. The van der Waals surface area contributed by atoms with Crippen LogP contribution in [-0.2, 0) is 12.8 Å². The van der Waals surface area contributed by atoms with E-state index < -0.39 is 0 Å². The molecule has 0 fully saturated rings. The van der Waals surface area contributed by atoms with Crippen molar-refractivity contribution in [3.63, 3.8) is 0 Å². The lowest BCUT2D eigenvalue weighted by Crippen LogP contribution is -2.15. The smallest absolute Gasteiger partial charge is 0.256 e. The van der Waals surface area contributed by atoms with Crippen LogP contribution in [0, 0.1) is 0 Å². The molecule has 120 valence electrons. The number of pyridine rings is 1. The Labute approximate surface area is 146 Å². The van der Waals surface area contributed by atoms with Gasteiger partial charge in [0.2, 0.25) is 0 Å². The average molecular weight is 337 g/mol. The Morgan fingerprint density at radius 1 is 0.917 bits per heavy atom. The van der Waals surface area contributed by atoms with Gasteiger partial charge in [0.15, 0.2) is 5.15 Å². The lowest BCUT2D eigenvalue weighted by Gasteiger charge is -2.11. The summed E-state index contributed by atoms with van der Waals surface area (Å²) in [6.45, 7) is 0. The van der Waals surface area contributed by atoms with Crippen LogP contribution >= 0.6 is 11.6 Å². The molecule has 0 saturated heterocycles. The fourth-order valence-corrected chi connectivity index (χ4v) is 2.72. The van der Waals surface area contributed by atoms with Crippen molar-refractivity contribution in [3.8, 4) is 0 Å². The fourth-order valence-electron chi connectivity index (χ4n) is 2.55. The molecule has 1 aromatic heterocycles. The highest BCUT2D eigenvalue weighted by Gasteiger charge is 2.12. The molecule has 24 heavy (non-hydrogen) atoms. The molecule has 0 bridgehead atoms. The minimum atomic E-state index is -0.173. The standard InChI is InChI=1S/C20H17ClN2O/c21-19-18(11-6-14-22-19)23-20(24)17-10-5-4-9-16(17)13-12-15-7-2-1-3-8-15/h1-11,14H,12-13H2,(H,23,24). The zero-order chi connectivity index (χ0) is 16.8. The molecule has 0 aliphatic carbocycles. The van der Waals surface area contributed by atoms with Crippen LogP contribution in [0.25, 0.3) is 0 Å². The maximum absolute atomic E-state index is 12.6. The molecule has 0 unspecified atom stereocenters. The first-order chi connectivity index (χ1) is 11.7. The van der Waals surface area contributed by atoms with Crippen LogP contribution in [0.4, 0.5) is 5.69 Å². The molecule has 0 saturated carbocycles. The average Bonchev–Trinajstić information content (AvgIpc) is 2.63. The Hall–Kier alpha value is -2.65. The van der Waals surface area contributed by atoms with Crippen molar-refractivity contribution in [2.24, 2.45) is 0 Å². The summed E-state index contributed by atoms with van der Waals surface area (Å²) in [5.74, 6) is -0.173. The third-order valence-corrected chi connectivity index (χ3v) is 4.10. The normalized spacial score (nSPS) is 10.4. The topological polar surface area (TPSA) is 42.0 Å². The van der Waals surface area contributed by atoms with Crippen LogP contribution in [0.5, 0.6) is 0 Å². The third kappa shape index (κ3) is 4.00. The summed E-state index contributed by atoms with van der Waals surface area (Å²) in [5, 5.41) is 3.12. The van der Waals surface area contributed by atoms with Gasteiger partial charge in [-0.05, 0) is 42.2 Å². The van der Waals surface area contributed by atoms with Crippen LogP contribution in [0.1, 0.15) is 21.5 Å². The molecule has 0 radical (unpaired) electrons. The van der Waals surface area contributed by atoms with E-state index in [9.17, 15) is 4.79 Å². The van der Waals surface area contributed by atoms with Crippen LogP contribution in [0.15, 0.2) is 72.9 Å². The van der Waals surface area contributed by atoms with Gasteiger partial charge in [0.05, 0.1) is 5.69 Å². The molecule has 3 aromatic rings. The molecule has 0 aliphatic rings. The van der Waals surface area contributed by atoms with Crippen molar-refractivity contribution in [2.45, 2.75) is 12.8 Å². The molecule has 0 atom stereocenters. The first-order valence-electron chi connectivity index (χ1n) is 7.78. The van der Waals surface area contributed by atoms with Crippen LogP contribution in [0.3, 0.4) is 0 Å². The number of amides is 1. The zero-order valence-electron chi connectivity index (χ0n) is 13.1. The number of carbonyl (C=O) groups excluding carboxylic acids is 1. The van der Waals surface area contributed by atoms with Crippen molar-refractivity contribution in [1.82, 2.24) is 4.98 Å². The molecule has 1 heterocycles. The predicted molar refractivity (Wildman–Crippen MR) is 97.5 cm³/mol. The molecule has 0 spiro atoms. The SMILES string of the molecule is O=C(Nc1cccnc1Cl)c1ccccc1CCc1ccccc1. The van der Waals surface area contributed by atoms with Gasteiger partial charge in [-0.1, -0.05) is 60.1 Å². The highest BCUT2D eigenvalue weighted by molar-refractivity contribution is 6.32. The highest BCUT2D eigenvalue weighted by Crippen LogP contribution is 2.20. The monoisotopic (exact) mass is 336 g/mol. The molecular formula is C20H17ClN2O. The van der Waals surface area contributed by atoms with E-state index >= 15 is 0 Å². The van der Waals surface area contributed by atoms with Crippen molar-refractivity contribution in [3.05, 3.63) is 94.8 Å². The zero-order valence-corrected chi connectivity index (χ0v) is 13.8. The number of nitrogens with one attached hydrogen (secondary N) is 1. The molecule has 3 rings (SSSR count). The number of rotatable bonds is 5. The molecular weight excluding hydrogens is 320 g/mol. The predicted octanol–water partition coefficient (Wildman–Crippen LogP) is 4.77. The largest absolute Gasteiger partial charge is 0.319 e. The van der Waals surface area contributed by atoms with Crippen molar-refractivity contribution in [1.29, 1.82) is 0 Å². The molecule has 0 aliphatic heterocycles. The second-order valence-corrected chi connectivity index (χ2v) is 5.80. The van der Waals surface area contributed by atoms with Gasteiger partial charge in [-0.3, -0.25) is 4.79 Å². The summed E-state index contributed by atoms with van der Waals surface area (Å²) in [4.78, 5) is 16.6. The summed E-state index contributed by atoms with van der Waals surface area (Å²) in [6, 6.07) is 21.4. The van der Waals surface area contributed by atoms with Gasteiger partial charge in [0, 0.05) is 11.8 Å². The summed E-state index contributed by atoms with van der Waals surface area (Å²) in [5.41, 5.74) is 3.44. The van der Waals surface area contributed by atoms with Crippen LogP contribution < -0.4 is 5.32 Å². The van der Waals surface area contributed by atoms with Gasteiger partial charge in [0.1, 0.15) is 0 Å². The fraction of sp³-hybridized carbons (Fsp3) is 0.100. The van der Waals surface area contributed by atoms with E-state index in [0.29, 0.717) is 11.3 Å². The van der Waals surface area contributed by atoms with E-state index in [0.717, 1.165) is 18.4 Å². The molecule has 1 amide bonds. The second-order valence-electron chi connectivity index (χ2n) is 5.44. The van der Waals surface area contributed by atoms with E-state index in [2.05, 4.69) is 22.4 Å². The molecule has 4 heteroatoms. The van der Waals surface area contributed by atoms with Crippen LogP contribution in [0.2, 0.25) is 5.15 Å². The maximum Gasteiger partial charge on any atom is 0.256 e. The molecule has 1 N–H and O–H groups in total. The number of nitrogens with zero attached hydrogens (tertiary/aromatic N) is 1. The van der Waals surface area contributed by atoms with E-state index in [4.69, 9.17) is 11.6 Å². The Morgan fingerprint density at radius 2 is 1.67 bits per heavy atom. The summed E-state index contributed by atoms with van der Waals surface area (Å²) < 4.78 is 0. The van der Waals surface area contributed by atoms with E-state index in [-0.39, 0.29) is 11.1 Å². The quantitative estimate of drug-likeness (QED) is 0.682. The number of aromatic nitrogens is 1. The van der Waals surface area contributed by atoms with E-state index in [1.54, 1.807) is 18.3 Å². The lowest BCUT2D eigenvalue weighted by molar-refractivity contribution is 0.102. The number of aryl methyl sites for hydroxylation is 2. The van der Waals surface area contributed by atoms with Gasteiger partial charge in [-0.15, -0.1) is 0 Å². The van der Waals surface area contributed by atoms with Gasteiger partial charge >= 0.3 is 0 Å². The van der Waals surface area contributed by atoms with Crippen molar-refractivity contribution in [2.75, 3.05) is 5.32 Å². The minimum Gasteiger partial charge on any atom is -0.319 e. The minimum absolute atomic E-state index is 0.173. The van der Waals surface area contributed by atoms with Crippen molar-refractivity contribution < 1.29 is 4.79 Å². The Bertz CT molecular complexity index is 834. The van der Waals surface area contributed by atoms with Gasteiger partial charge in [-0.2, -0.15) is 0 Å². The van der Waals surface area contributed by atoms with Gasteiger partial charge < -0.3 is 5.32 Å². The Kier molecular flexibility index (Phi) is 5.24. The molecule has 2 aromatic carbocycles. The van der Waals surface area contributed by atoms with Gasteiger partial charge in [0.25, 0.3) is 5.91 Å². The summed E-state index contributed by atoms with van der Waals surface area (Å²) in [6.07, 6.45) is 3.28. The number of anilines is 1.